The fourth-order valence-electron chi connectivity index (χ4n) is 4.01. The number of aromatic nitrogens is 4. The van der Waals surface area contributed by atoms with E-state index in [1.54, 1.807) is 4.68 Å². The zero-order chi connectivity index (χ0) is 22.8. The predicted molar refractivity (Wildman–Crippen MR) is 126 cm³/mol. The minimum absolute atomic E-state index is 0.0768. The van der Waals surface area contributed by atoms with Crippen LogP contribution in [0.4, 0.5) is 5.69 Å². The molecule has 7 nitrogen and oxygen atoms in total. The average molecular weight is 430 g/mol. The summed E-state index contributed by atoms with van der Waals surface area (Å²) in [6.07, 6.45) is 0.809. The van der Waals surface area contributed by atoms with Gasteiger partial charge in [0.2, 0.25) is 5.91 Å². The predicted octanol–water partition coefficient (Wildman–Crippen LogP) is 4.23. The summed E-state index contributed by atoms with van der Waals surface area (Å²) in [6.45, 7) is 8.17. The SMILES string of the molecule is Cc1ccc(NC(=O)CCCn2nc(C)c3c(C)n(-c4ccccc4)nc3c2=O)c(C)c1. The number of aryl methyl sites for hydroxylation is 5. The highest BCUT2D eigenvalue weighted by molar-refractivity contribution is 5.91. The number of carbonyl (C=O) groups is 1. The molecule has 1 amide bonds. The zero-order valence-electron chi connectivity index (χ0n) is 18.8. The molecule has 164 valence electrons. The summed E-state index contributed by atoms with van der Waals surface area (Å²) in [5.74, 6) is -0.0768. The fraction of sp³-hybridized carbons (Fsp3) is 0.280. The van der Waals surface area contributed by atoms with Crippen molar-refractivity contribution in [3.63, 3.8) is 0 Å². The number of hydrogen-bond acceptors (Lipinski definition) is 4. The number of para-hydroxylation sites is 1. The Hall–Kier alpha value is -3.74. The van der Waals surface area contributed by atoms with E-state index in [0.29, 0.717) is 24.9 Å². The first kappa shape index (κ1) is 21.5. The van der Waals surface area contributed by atoms with E-state index >= 15 is 0 Å². The Morgan fingerprint density at radius 1 is 1.00 bits per heavy atom. The standard InChI is InChI=1S/C25H27N5O2/c1-16-12-13-21(17(2)15-16)26-22(31)11-8-14-29-25(32)24-23(18(3)27-29)19(4)30(28-24)20-9-6-5-7-10-20/h5-7,9-10,12-13,15H,8,11,14H2,1-4H3,(H,26,31). The Kier molecular flexibility index (Phi) is 5.90. The van der Waals surface area contributed by atoms with Gasteiger partial charge < -0.3 is 5.32 Å². The molecule has 0 aliphatic rings. The second-order valence-electron chi connectivity index (χ2n) is 8.14. The molecule has 0 atom stereocenters. The zero-order valence-corrected chi connectivity index (χ0v) is 18.8. The third-order valence-electron chi connectivity index (χ3n) is 5.62. The van der Waals surface area contributed by atoms with Gasteiger partial charge in [-0.25, -0.2) is 9.36 Å². The van der Waals surface area contributed by atoms with Crippen molar-refractivity contribution in [1.82, 2.24) is 19.6 Å². The van der Waals surface area contributed by atoms with Gasteiger partial charge in [0.15, 0.2) is 5.52 Å². The van der Waals surface area contributed by atoms with Crippen molar-refractivity contribution in [2.45, 2.75) is 47.1 Å². The third kappa shape index (κ3) is 4.19. The van der Waals surface area contributed by atoms with Crippen LogP contribution in [-0.2, 0) is 11.3 Å². The first-order valence-electron chi connectivity index (χ1n) is 10.7. The summed E-state index contributed by atoms with van der Waals surface area (Å²) in [5, 5.41) is 12.8. The molecule has 2 aromatic heterocycles. The molecule has 0 aliphatic carbocycles. The van der Waals surface area contributed by atoms with Gasteiger partial charge in [-0.2, -0.15) is 10.2 Å². The Morgan fingerprint density at radius 2 is 1.75 bits per heavy atom. The van der Waals surface area contributed by atoms with Crippen molar-refractivity contribution in [1.29, 1.82) is 0 Å². The lowest BCUT2D eigenvalue weighted by Gasteiger charge is -2.10. The van der Waals surface area contributed by atoms with Gasteiger partial charge >= 0.3 is 0 Å². The van der Waals surface area contributed by atoms with Gasteiger partial charge in [-0.3, -0.25) is 9.59 Å². The number of nitrogens with one attached hydrogen (secondary N) is 1. The highest BCUT2D eigenvalue weighted by Gasteiger charge is 2.17. The largest absolute Gasteiger partial charge is 0.326 e. The van der Waals surface area contributed by atoms with E-state index in [9.17, 15) is 9.59 Å². The number of hydrogen-bond donors (Lipinski definition) is 1. The lowest BCUT2D eigenvalue weighted by Crippen LogP contribution is -2.25. The van der Waals surface area contributed by atoms with Gasteiger partial charge in [-0.15, -0.1) is 0 Å². The first-order chi connectivity index (χ1) is 15.3. The van der Waals surface area contributed by atoms with Crippen LogP contribution in [0.2, 0.25) is 0 Å². The molecule has 0 saturated heterocycles. The van der Waals surface area contributed by atoms with E-state index in [0.717, 1.165) is 39.3 Å². The second-order valence-corrected chi connectivity index (χ2v) is 8.14. The molecule has 7 heteroatoms. The summed E-state index contributed by atoms with van der Waals surface area (Å²) in [4.78, 5) is 25.4. The van der Waals surface area contributed by atoms with Crippen LogP contribution in [0.25, 0.3) is 16.6 Å². The lowest BCUT2D eigenvalue weighted by molar-refractivity contribution is -0.116. The van der Waals surface area contributed by atoms with Crippen LogP contribution in [0, 0.1) is 27.7 Å². The number of benzene rings is 2. The highest BCUT2D eigenvalue weighted by Crippen LogP contribution is 2.21. The minimum atomic E-state index is -0.238. The van der Waals surface area contributed by atoms with Crippen LogP contribution >= 0.6 is 0 Å². The normalized spacial score (nSPS) is 11.1. The van der Waals surface area contributed by atoms with Crippen molar-refractivity contribution in [3.8, 4) is 5.69 Å². The highest BCUT2D eigenvalue weighted by atomic mass is 16.1. The van der Waals surface area contributed by atoms with Crippen molar-refractivity contribution < 1.29 is 4.79 Å². The van der Waals surface area contributed by atoms with Gasteiger partial charge in [0.1, 0.15) is 0 Å². The molecule has 32 heavy (non-hydrogen) atoms. The van der Waals surface area contributed by atoms with Crippen LogP contribution in [0.15, 0.2) is 53.3 Å². The maximum absolute atomic E-state index is 13.0. The molecule has 0 fully saturated rings. The van der Waals surface area contributed by atoms with E-state index in [-0.39, 0.29) is 11.5 Å². The van der Waals surface area contributed by atoms with E-state index in [1.165, 1.54) is 4.68 Å². The summed E-state index contributed by atoms with van der Waals surface area (Å²) in [7, 11) is 0. The molecule has 4 aromatic rings. The molecule has 0 aliphatic heterocycles. The number of rotatable bonds is 6. The van der Waals surface area contributed by atoms with Crippen LogP contribution in [0.5, 0.6) is 0 Å². The molecular weight excluding hydrogens is 402 g/mol. The average Bonchev–Trinajstić information content (AvgIpc) is 3.12. The smallest absolute Gasteiger partial charge is 0.295 e. The number of carbonyl (C=O) groups excluding carboxylic acids is 1. The summed E-state index contributed by atoms with van der Waals surface area (Å²) in [6, 6.07) is 15.6. The molecular formula is C25H27N5O2. The molecule has 0 spiro atoms. The van der Waals surface area contributed by atoms with Crippen molar-refractivity contribution >= 4 is 22.5 Å². The molecule has 0 saturated carbocycles. The Bertz CT molecular complexity index is 1350. The monoisotopic (exact) mass is 429 g/mol. The van der Waals surface area contributed by atoms with Gasteiger partial charge in [0.05, 0.1) is 22.5 Å². The van der Waals surface area contributed by atoms with E-state index in [1.807, 2.05) is 76.2 Å². The van der Waals surface area contributed by atoms with Crippen LogP contribution in [-0.4, -0.2) is 25.5 Å². The number of nitrogens with zero attached hydrogens (tertiary/aromatic N) is 4. The third-order valence-corrected chi connectivity index (χ3v) is 5.62. The van der Waals surface area contributed by atoms with Crippen LogP contribution in [0.1, 0.15) is 35.4 Å². The topological polar surface area (TPSA) is 81.8 Å². The fourth-order valence-corrected chi connectivity index (χ4v) is 4.01. The molecule has 0 bridgehead atoms. The Morgan fingerprint density at radius 3 is 2.47 bits per heavy atom. The van der Waals surface area contributed by atoms with Crippen molar-refractivity contribution in [2.24, 2.45) is 0 Å². The quantitative estimate of drug-likeness (QED) is 0.497. The maximum atomic E-state index is 13.0. The summed E-state index contributed by atoms with van der Waals surface area (Å²) in [5.41, 5.74) is 5.69. The van der Waals surface area contributed by atoms with E-state index in [4.69, 9.17) is 0 Å². The summed E-state index contributed by atoms with van der Waals surface area (Å²) < 4.78 is 3.20. The van der Waals surface area contributed by atoms with Gasteiger partial charge in [-0.1, -0.05) is 35.9 Å². The van der Waals surface area contributed by atoms with Crippen molar-refractivity contribution in [3.05, 3.63) is 81.4 Å². The van der Waals surface area contributed by atoms with Gasteiger partial charge in [0, 0.05) is 18.7 Å². The first-order valence-corrected chi connectivity index (χ1v) is 10.7. The maximum Gasteiger partial charge on any atom is 0.295 e. The number of fused-ring (bicyclic) bond motifs is 1. The van der Waals surface area contributed by atoms with Gasteiger partial charge in [-0.05, 0) is 57.9 Å². The molecule has 0 unspecified atom stereocenters. The van der Waals surface area contributed by atoms with Crippen LogP contribution < -0.4 is 10.9 Å². The van der Waals surface area contributed by atoms with Crippen LogP contribution in [0.3, 0.4) is 0 Å². The number of amides is 1. The molecule has 0 radical (unpaired) electrons. The Labute approximate surface area is 186 Å². The Balaban J connectivity index is 1.51. The molecule has 2 heterocycles. The minimum Gasteiger partial charge on any atom is -0.326 e. The summed E-state index contributed by atoms with van der Waals surface area (Å²) >= 11 is 0. The number of anilines is 1. The lowest BCUT2D eigenvalue weighted by atomic mass is 10.1. The van der Waals surface area contributed by atoms with Crippen molar-refractivity contribution in [2.75, 3.05) is 5.32 Å². The molecule has 2 aromatic carbocycles. The van der Waals surface area contributed by atoms with E-state index in [2.05, 4.69) is 15.5 Å². The second kappa shape index (κ2) is 8.78. The van der Waals surface area contributed by atoms with Gasteiger partial charge in [0.25, 0.3) is 5.56 Å². The molecule has 1 N–H and O–H groups in total. The van der Waals surface area contributed by atoms with E-state index < -0.39 is 0 Å². The molecule has 4 rings (SSSR count).